The van der Waals surface area contributed by atoms with Crippen molar-refractivity contribution < 1.29 is 39.5 Å². The number of benzene rings is 2. The van der Waals surface area contributed by atoms with Crippen LogP contribution in [-0.4, -0.2) is 64.2 Å². The number of ether oxygens (including phenoxy) is 1. The number of rotatable bonds is 5. The van der Waals surface area contributed by atoms with Crippen molar-refractivity contribution in [1.82, 2.24) is 0 Å². The second kappa shape index (κ2) is 9.16. The minimum absolute atomic E-state index is 0.0464. The van der Waals surface area contributed by atoms with Crippen LogP contribution >= 0.6 is 0 Å². The van der Waals surface area contributed by atoms with Crippen molar-refractivity contribution in [2.75, 3.05) is 25.6 Å². The average molecular weight is 535 g/mol. The summed E-state index contributed by atoms with van der Waals surface area (Å²) in [5, 5.41) is 45.2. The Balaban J connectivity index is 1.73. The molecule has 3 aliphatic rings. The van der Waals surface area contributed by atoms with Gasteiger partial charge in [-0.05, 0) is 55.0 Å². The van der Waals surface area contributed by atoms with Crippen molar-refractivity contribution in [1.29, 1.82) is 0 Å². The molecular weight excluding hydrogens is 504 g/mol. The molecule has 5 rings (SSSR count). The molecule has 1 amide bonds. The smallest absolute Gasteiger partial charge is 0.255 e. The molecule has 0 bridgehead atoms. The van der Waals surface area contributed by atoms with Gasteiger partial charge in [0.1, 0.15) is 28.6 Å². The number of carbonyl (C=O) groups excluding carboxylic acids is 3. The van der Waals surface area contributed by atoms with Crippen molar-refractivity contribution in [3.05, 3.63) is 58.4 Å². The predicted octanol–water partition coefficient (Wildman–Crippen LogP) is 2.56. The van der Waals surface area contributed by atoms with E-state index < -0.39 is 52.0 Å². The molecule has 3 aliphatic carbocycles. The number of ketones is 2. The molecular formula is C29H30N2O8. The molecule has 3 unspecified atom stereocenters. The molecule has 6 N–H and O–H groups in total. The average Bonchev–Trinajstić information content (AvgIpc) is 2.86. The number of aromatic hydroxyl groups is 1. The van der Waals surface area contributed by atoms with Gasteiger partial charge < -0.3 is 35.8 Å². The van der Waals surface area contributed by atoms with Crippen LogP contribution in [0.3, 0.4) is 0 Å². The van der Waals surface area contributed by atoms with Gasteiger partial charge >= 0.3 is 0 Å². The quantitative estimate of drug-likeness (QED) is 0.362. The van der Waals surface area contributed by atoms with Crippen LogP contribution in [0.25, 0.3) is 16.9 Å². The number of phenolic OH excluding ortho intramolecular Hbond substituents is 1. The van der Waals surface area contributed by atoms with E-state index in [4.69, 9.17) is 10.5 Å². The summed E-state index contributed by atoms with van der Waals surface area (Å²) in [4.78, 5) is 40.0. The van der Waals surface area contributed by atoms with Gasteiger partial charge in [-0.2, -0.15) is 0 Å². The Kier molecular flexibility index (Phi) is 6.18. The second-order valence-electron chi connectivity index (χ2n) is 10.4. The first-order valence-corrected chi connectivity index (χ1v) is 12.7. The fraction of sp³-hybridized carbons (Fsp3) is 0.345. The minimum Gasteiger partial charge on any atom is -0.508 e. The van der Waals surface area contributed by atoms with Crippen molar-refractivity contribution in [2.24, 2.45) is 17.6 Å². The van der Waals surface area contributed by atoms with Crippen molar-refractivity contribution >= 4 is 28.9 Å². The summed E-state index contributed by atoms with van der Waals surface area (Å²) in [6.45, 7) is 2.31. The summed E-state index contributed by atoms with van der Waals surface area (Å²) < 4.78 is 5.60. The molecule has 0 aromatic heterocycles. The molecule has 0 radical (unpaired) electrons. The monoisotopic (exact) mass is 534 g/mol. The third kappa shape index (κ3) is 3.77. The Morgan fingerprint density at radius 1 is 1.15 bits per heavy atom. The van der Waals surface area contributed by atoms with E-state index in [0.29, 0.717) is 34.7 Å². The Morgan fingerprint density at radius 3 is 2.51 bits per heavy atom. The third-order valence-electron chi connectivity index (χ3n) is 7.98. The molecule has 3 atom stereocenters. The van der Waals surface area contributed by atoms with Crippen molar-refractivity contribution in [3.63, 3.8) is 0 Å². The van der Waals surface area contributed by atoms with Crippen LogP contribution in [0.5, 0.6) is 11.5 Å². The number of aliphatic hydroxyl groups excluding tert-OH is 2. The molecule has 2 aromatic carbocycles. The summed E-state index contributed by atoms with van der Waals surface area (Å²) in [5.74, 6) is -5.92. The maximum absolute atomic E-state index is 13.8. The number of nitrogens with two attached hydrogens (primary N) is 1. The third-order valence-corrected chi connectivity index (χ3v) is 7.98. The van der Waals surface area contributed by atoms with E-state index in [1.54, 1.807) is 30.3 Å². The zero-order valence-corrected chi connectivity index (χ0v) is 21.8. The number of anilines is 1. The highest BCUT2D eigenvalue weighted by Crippen LogP contribution is 2.54. The van der Waals surface area contributed by atoms with E-state index in [2.05, 4.69) is 0 Å². The Bertz CT molecular complexity index is 1500. The highest BCUT2D eigenvalue weighted by atomic mass is 16.5. The number of primary amides is 1. The summed E-state index contributed by atoms with van der Waals surface area (Å²) in [6, 6.07) is 8.90. The lowest BCUT2D eigenvalue weighted by atomic mass is 9.59. The van der Waals surface area contributed by atoms with Gasteiger partial charge in [0.05, 0.1) is 12.2 Å². The van der Waals surface area contributed by atoms with Crippen LogP contribution in [0.4, 0.5) is 5.69 Å². The molecule has 1 saturated carbocycles. The lowest BCUT2D eigenvalue weighted by molar-refractivity contribution is -0.147. The zero-order chi connectivity index (χ0) is 28.4. The van der Waals surface area contributed by atoms with Crippen LogP contribution in [0, 0.1) is 11.8 Å². The minimum atomic E-state index is -2.60. The molecule has 0 aliphatic heterocycles. The van der Waals surface area contributed by atoms with E-state index in [1.807, 2.05) is 25.9 Å². The molecule has 0 heterocycles. The highest BCUT2D eigenvalue weighted by molar-refractivity contribution is 6.22. The molecule has 39 heavy (non-hydrogen) atoms. The topological polar surface area (TPSA) is 171 Å². The number of hydrogen-bond donors (Lipinski definition) is 5. The van der Waals surface area contributed by atoms with Gasteiger partial charge in [0.25, 0.3) is 5.91 Å². The normalized spacial score (nSPS) is 24.2. The van der Waals surface area contributed by atoms with Crippen LogP contribution in [0.15, 0.2) is 47.2 Å². The Morgan fingerprint density at radius 2 is 1.87 bits per heavy atom. The maximum atomic E-state index is 13.8. The second-order valence-corrected chi connectivity index (χ2v) is 10.4. The van der Waals surface area contributed by atoms with Gasteiger partial charge in [-0.1, -0.05) is 12.1 Å². The predicted molar refractivity (Wildman–Crippen MR) is 142 cm³/mol. The first-order valence-electron chi connectivity index (χ1n) is 12.7. The number of aliphatic hydroxyl groups is 3. The van der Waals surface area contributed by atoms with Gasteiger partial charge in [0, 0.05) is 43.3 Å². The van der Waals surface area contributed by atoms with Crippen LogP contribution in [-0.2, 0) is 20.8 Å². The summed E-state index contributed by atoms with van der Waals surface area (Å²) in [6.07, 6.45) is -0.0493. The number of Topliss-reactive ketones (excluding diaryl/α,β-unsaturated/α-hetero) is 2. The first-order chi connectivity index (χ1) is 18.4. The van der Waals surface area contributed by atoms with E-state index in [0.717, 1.165) is 0 Å². The van der Waals surface area contributed by atoms with E-state index in [9.17, 15) is 34.8 Å². The van der Waals surface area contributed by atoms with E-state index in [-0.39, 0.29) is 36.1 Å². The number of phenols is 1. The maximum Gasteiger partial charge on any atom is 0.255 e. The molecule has 1 fully saturated rings. The van der Waals surface area contributed by atoms with Gasteiger partial charge in [-0.15, -0.1) is 0 Å². The van der Waals surface area contributed by atoms with Crippen LogP contribution < -0.4 is 15.4 Å². The van der Waals surface area contributed by atoms with E-state index >= 15 is 0 Å². The van der Waals surface area contributed by atoms with E-state index in [1.165, 1.54) is 0 Å². The lowest BCUT2D eigenvalue weighted by Gasteiger charge is -2.46. The summed E-state index contributed by atoms with van der Waals surface area (Å²) >= 11 is 0. The fourth-order valence-corrected chi connectivity index (χ4v) is 6.21. The number of carbonyl (C=O) groups is 3. The summed E-state index contributed by atoms with van der Waals surface area (Å²) in [7, 11) is 3.64. The molecule has 0 saturated heterocycles. The lowest BCUT2D eigenvalue weighted by Crippen LogP contribution is -2.58. The summed E-state index contributed by atoms with van der Waals surface area (Å²) in [5.41, 5.74) is 4.04. The largest absolute Gasteiger partial charge is 0.508 e. The Labute approximate surface area is 224 Å². The van der Waals surface area contributed by atoms with Crippen LogP contribution in [0.1, 0.15) is 30.9 Å². The standard InChI is InChI=1S/C29H30N2O8/c1-4-39-16-7-5-6-13(9-16)17-12-19(31(2)3)18-10-14-8-15-11-20(32)23(28(30)37)27(36)29(15,38)26(35)21(14)25(34)22(18)24(17)33/h5-7,9,12,14-15,33-34,36,38H,4,8,10-11H2,1-3H3,(H2,30,37). The van der Waals surface area contributed by atoms with Gasteiger partial charge in [-0.3, -0.25) is 14.4 Å². The molecule has 0 spiro atoms. The number of hydrogen-bond acceptors (Lipinski definition) is 9. The number of nitrogens with zero attached hydrogens (tertiary/aromatic N) is 1. The van der Waals surface area contributed by atoms with Gasteiger partial charge in [0.15, 0.2) is 11.4 Å². The molecule has 204 valence electrons. The van der Waals surface area contributed by atoms with Crippen LogP contribution in [0.2, 0.25) is 0 Å². The fourth-order valence-electron chi connectivity index (χ4n) is 6.21. The molecule has 2 aromatic rings. The van der Waals surface area contributed by atoms with Gasteiger partial charge in [0.2, 0.25) is 5.78 Å². The van der Waals surface area contributed by atoms with Crippen molar-refractivity contribution in [2.45, 2.75) is 31.8 Å². The zero-order valence-electron chi connectivity index (χ0n) is 21.8. The SMILES string of the molecule is CCOc1cccc(-c2cc(N(C)C)c3c(c2O)C(O)=C2C(=O)C4(O)C(O)=C(C(N)=O)C(=O)CC4CC2C3)c1. The first kappa shape index (κ1) is 26.3. The number of fused-ring (bicyclic) bond motifs is 3. The molecule has 10 heteroatoms. The Hall–Kier alpha value is -4.31. The highest BCUT2D eigenvalue weighted by Gasteiger charge is 2.60. The van der Waals surface area contributed by atoms with Gasteiger partial charge in [-0.25, -0.2) is 0 Å². The molecule has 10 nitrogen and oxygen atoms in total. The number of amides is 1. The van der Waals surface area contributed by atoms with Crippen molar-refractivity contribution in [3.8, 4) is 22.6 Å².